The minimum atomic E-state index is 0.532. The maximum Gasteiger partial charge on any atom is 0.133 e. The third-order valence-corrected chi connectivity index (χ3v) is 2.87. The zero-order valence-corrected chi connectivity index (χ0v) is 10.3. The Kier molecular flexibility index (Phi) is 4.69. The Hall–Kier alpha value is -0.280. The maximum atomic E-state index is 5.83. The molecule has 0 aliphatic carbocycles. The second-order valence-corrected chi connectivity index (χ2v) is 5.11. The van der Waals surface area contributed by atoms with Gasteiger partial charge >= 0.3 is 0 Å². The second kappa shape index (κ2) is 5.56. The van der Waals surface area contributed by atoms with Gasteiger partial charge in [0.1, 0.15) is 16.0 Å². The molecule has 0 aromatic carbocycles. The molecule has 0 aliphatic heterocycles. The van der Waals surface area contributed by atoms with Crippen molar-refractivity contribution < 1.29 is 0 Å². The Bertz CT molecular complexity index is 282. The lowest BCUT2D eigenvalue weighted by Gasteiger charge is -2.04. The molecule has 0 bridgehead atoms. The van der Waals surface area contributed by atoms with Crippen molar-refractivity contribution in [2.24, 2.45) is 5.92 Å². The lowest BCUT2D eigenvalue weighted by atomic mass is 10.2. The van der Waals surface area contributed by atoms with E-state index in [2.05, 4.69) is 23.8 Å². The molecular formula is C10H15ClN2S. The van der Waals surface area contributed by atoms with Gasteiger partial charge in [0.25, 0.3) is 0 Å². The number of hydrogen-bond donors (Lipinski definition) is 0. The summed E-state index contributed by atoms with van der Waals surface area (Å²) in [6, 6.07) is 1.82. The molecule has 4 heteroatoms. The number of rotatable bonds is 4. The fraction of sp³-hybridized carbons (Fsp3) is 0.600. The minimum absolute atomic E-state index is 0.532. The van der Waals surface area contributed by atoms with Crippen LogP contribution in [0.3, 0.4) is 0 Å². The van der Waals surface area contributed by atoms with Crippen LogP contribution in [0.25, 0.3) is 0 Å². The Morgan fingerprint density at radius 1 is 1.43 bits per heavy atom. The van der Waals surface area contributed by atoms with Crippen molar-refractivity contribution in [3.8, 4) is 0 Å². The SMILES string of the molecule is Cc1nc(Cl)cc(SCCC(C)C)n1. The summed E-state index contributed by atoms with van der Waals surface area (Å²) >= 11 is 7.57. The van der Waals surface area contributed by atoms with E-state index in [-0.39, 0.29) is 0 Å². The Morgan fingerprint density at radius 3 is 2.71 bits per heavy atom. The first kappa shape index (κ1) is 11.8. The van der Waals surface area contributed by atoms with Gasteiger partial charge in [-0.2, -0.15) is 0 Å². The van der Waals surface area contributed by atoms with E-state index in [0.717, 1.165) is 22.5 Å². The van der Waals surface area contributed by atoms with Crippen LogP contribution in [0.2, 0.25) is 5.15 Å². The molecule has 1 heterocycles. The van der Waals surface area contributed by atoms with Crippen LogP contribution in [0.4, 0.5) is 0 Å². The van der Waals surface area contributed by atoms with Gasteiger partial charge in [-0.15, -0.1) is 11.8 Å². The van der Waals surface area contributed by atoms with Crippen molar-refractivity contribution in [1.82, 2.24) is 9.97 Å². The Labute approximate surface area is 94.5 Å². The van der Waals surface area contributed by atoms with Crippen LogP contribution in [0.1, 0.15) is 26.1 Å². The van der Waals surface area contributed by atoms with E-state index in [1.807, 2.05) is 13.0 Å². The second-order valence-electron chi connectivity index (χ2n) is 3.61. The summed E-state index contributed by atoms with van der Waals surface area (Å²) in [6.07, 6.45) is 1.20. The molecule has 0 saturated carbocycles. The number of halogens is 1. The Morgan fingerprint density at radius 2 is 2.14 bits per heavy atom. The summed E-state index contributed by atoms with van der Waals surface area (Å²) in [5.74, 6) is 2.57. The average molecular weight is 231 g/mol. The van der Waals surface area contributed by atoms with Crippen LogP contribution in [0, 0.1) is 12.8 Å². The standard InChI is InChI=1S/C10H15ClN2S/c1-7(2)4-5-14-10-6-9(11)12-8(3)13-10/h6-7H,4-5H2,1-3H3. The molecule has 0 fully saturated rings. The molecule has 78 valence electrons. The molecule has 0 amide bonds. The largest absolute Gasteiger partial charge is 0.227 e. The van der Waals surface area contributed by atoms with Crippen LogP contribution in [0.5, 0.6) is 0 Å². The Balaban J connectivity index is 2.50. The highest BCUT2D eigenvalue weighted by Crippen LogP contribution is 2.20. The highest BCUT2D eigenvalue weighted by molar-refractivity contribution is 7.99. The molecule has 0 unspecified atom stereocenters. The summed E-state index contributed by atoms with van der Waals surface area (Å²) < 4.78 is 0. The van der Waals surface area contributed by atoms with E-state index >= 15 is 0 Å². The lowest BCUT2D eigenvalue weighted by Crippen LogP contribution is -1.93. The first-order valence-corrected chi connectivity index (χ1v) is 6.08. The summed E-state index contributed by atoms with van der Waals surface area (Å²) in [5.41, 5.74) is 0. The monoisotopic (exact) mass is 230 g/mol. The fourth-order valence-corrected chi connectivity index (χ4v) is 2.46. The molecule has 0 radical (unpaired) electrons. The first-order chi connectivity index (χ1) is 6.58. The van der Waals surface area contributed by atoms with Gasteiger partial charge in [0.05, 0.1) is 0 Å². The third kappa shape index (κ3) is 4.29. The number of hydrogen-bond acceptors (Lipinski definition) is 3. The molecule has 0 N–H and O–H groups in total. The van der Waals surface area contributed by atoms with E-state index in [4.69, 9.17) is 11.6 Å². The van der Waals surface area contributed by atoms with Gasteiger partial charge < -0.3 is 0 Å². The predicted octanol–water partition coefficient (Wildman–Crippen LogP) is 3.58. The smallest absolute Gasteiger partial charge is 0.133 e. The summed E-state index contributed by atoms with van der Waals surface area (Å²) in [7, 11) is 0. The van der Waals surface area contributed by atoms with Gasteiger partial charge in [-0.1, -0.05) is 25.4 Å². The highest BCUT2D eigenvalue weighted by atomic mass is 35.5. The van der Waals surface area contributed by atoms with E-state index in [1.54, 1.807) is 11.8 Å². The van der Waals surface area contributed by atoms with E-state index in [9.17, 15) is 0 Å². The quantitative estimate of drug-likeness (QED) is 0.584. The molecule has 1 aromatic rings. The van der Waals surface area contributed by atoms with Crippen molar-refractivity contribution in [3.05, 3.63) is 17.0 Å². The molecule has 0 atom stereocenters. The fourth-order valence-electron chi connectivity index (χ4n) is 0.979. The molecule has 0 aliphatic rings. The molecule has 1 rings (SSSR count). The molecule has 2 nitrogen and oxygen atoms in total. The van der Waals surface area contributed by atoms with Crippen molar-refractivity contribution >= 4 is 23.4 Å². The van der Waals surface area contributed by atoms with Gasteiger partial charge in [0, 0.05) is 6.07 Å². The summed E-state index contributed by atoms with van der Waals surface area (Å²) in [5, 5.41) is 1.51. The van der Waals surface area contributed by atoms with Crippen LogP contribution in [-0.4, -0.2) is 15.7 Å². The van der Waals surface area contributed by atoms with E-state index in [0.29, 0.717) is 5.15 Å². The number of thioether (sulfide) groups is 1. The van der Waals surface area contributed by atoms with Crippen molar-refractivity contribution in [1.29, 1.82) is 0 Å². The number of aromatic nitrogens is 2. The van der Waals surface area contributed by atoms with E-state index in [1.165, 1.54) is 6.42 Å². The van der Waals surface area contributed by atoms with Crippen LogP contribution >= 0.6 is 23.4 Å². The molecular weight excluding hydrogens is 216 g/mol. The van der Waals surface area contributed by atoms with Gasteiger partial charge in [-0.25, -0.2) is 9.97 Å². The highest BCUT2D eigenvalue weighted by Gasteiger charge is 2.01. The van der Waals surface area contributed by atoms with Gasteiger partial charge in [0.2, 0.25) is 0 Å². The normalized spacial score (nSPS) is 10.9. The third-order valence-electron chi connectivity index (χ3n) is 1.73. The zero-order valence-electron chi connectivity index (χ0n) is 8.75. The number of aryl methyl sites for hydroxylation is 1. The van der Waals surface area contributed by atoms with Crippen molar-refractivity contribution in [3.63, 3.8) is 0 Å². The van der Waals surface area contributed by atoms with Crippen LogP contribution < -0.4 is 0 Å². The van der Waals surface area contributed by atoms with Gasteiger partial charge in [0.15, 0.2) is 0 Å². The summed E-state index contributed by atoms with van der Waals surface area (Å²) in [4.78, 5) is 8.32. The van der Waals surface area contributed by atoms with Gasteiger partial charge in [-0.3, -0.25) is 0 Å². The molecule has 14 heavy (non-hydrogen) atoms. The lowest BCUT2D eigenvalue weighted by molar-refractivity contribution is 0.632. The molecule has 1 aromatic heterocycles. The molecule has 0 saturated heterocycles. The number of nitrogens with zero attached hydrogens (tertiary/aromatic N) is 2. The maximum absolute atomic E-state index is 5.83. The van der Waals surface area contributed by atoms with Crippen LogP contribution in [0.15, 0.2) is 11.1 Å². The summed E-state index contributed by atoms with van der Waals surface area (Å²) in [6.45, 7) is 6.30. The minimum Gasteiger partial charge on any atom is -0.227 e. The first-order valence-electron chi connectivity index (χ1n) is 4.72. The van der Waals surface area contributed by atoms with Crippen LogP contribution in [-0.2, 0) is 0 Å². The van der Waals surface area contributed by atoms with Crippen molar-refractivity contribution in [2.75, 3.05) is 5.75 Å². The van der Waals surface area contributed by atoms with Crippen molar-refractivity contribution in [2.45, 2.75) is 32.2 Å². The zero-order chi connectivity index (χ0) is 10.6. The van der Waals surface area contributed by atoms with E-state index < -0.39 is 0 Å². The predicted molar refractivity (Wildman–Crippen MR) is 62.0 cm³/mol. The molecule has 0 spiro atoms. The average Bonchev–Trinajstić information content (AvgIpc) is 2.01. The van der Waals surface area contributed by atoms with Gasteiger partial charge in [-0.05, 0) is 25.0 Å². The topological polar surface area (TPSA) is 25.8 Å².